The van der Waals surface area contributed by atoms with E-state index in [1.54, 1.807) is 0 Å². The lowest BCUT2D eigenvalue weighted by Crippen LogP contribution is -2.53. The Morgan fingerprint density at radius 2 is 1.57 bits per heavy atom. The van der Waals surface area contributed by atoms with E-state index in [1.165, 1.54) is 0 Å². The molecule has 0 fully saturated rings. The lowest BCUT2D eigenvalue weighted by molar-refractivity contribution is 0.00787. The van der Waals surface area contributed by atoms with E-state index in [4.69, 9.17) is 0 Å². The average molecular weight is 201 g/mol. The highest BCUT2D eigenvalue weighted by Gasteiger charge is 2.33. The fourth-order valence-corrected chi connectivity index (χ4v) is 1.81. The van der Waals surface area contributed by atoms with Crippen LogP contribution in [-0.4, -0.2) is 35.2 Å². The summed E-state index contributed by atoms with van der Waals surface area (Å²) in [5.74, 6) is 0.491. The van der Waals surface area contributed by atoms with Crippen molar-refractivity contribution < 1.29 is 5.11 Å². The third-order valence-electron chi connectivity index (χ3n) is 3.27. The molecule has 2 heteroatoms. The Kier molecular flexibility index (Phi) is 6.38. The maximum Gasteiger partial charge on any atom is 0.0615 e. The molecule has 14 heavy (non-hydrogen) atoms. The predicted octanol–water partition coefficient (Wildman–Crippen LogP) is 2.52. The highest BCUT2D eigenvalue weighted by atomic mass is 16.3. The van der Waals surface area contributed by atoms with Crippen LogP contribution in [0.3, 0.4) is 0 Å². The zero-order chi connectivity index (χ0) is 11.2. The molecular formula is C12H27NO. The van der Waals surface area contributed by atoms with Crippen molar-refractivity contribution in [2.75, 3.05) is 19.7 Å². The number of rotatable bonds is 7. The van der Waals surface area contributed by atoms with Crippen LogP contribution in [0.5, 0.6) is 0 Å². The van der Waals surface area contributed by atoms with Crippen LogP contribution in [-0.2, 0) is 0 Å². The molecule has 0 aliphatic rings. The molecular weight excluding hydrogens is 174 g/mol. The van der Waals surface area contributed by atoms with Crippen LogP contribution in [0.2, 0.25) is 0 Å². The maximum absolute atomic E-state index is 9.54. The van der Waals surface area contributed by atoms with Crippen LogP contribution >= 0.6 is 0 Å². The first-order chi connectivity index (χ1) is 6.52. The van der Waals surface area contributed by atoms with Crippen molar-refractivity contribution in [2.45, 2.75) is 53.0 Å². The van der Waals surface area contributed by atoms with E-state index in [9.17, 15) is 5.11 Å². The molecule has 0 aliphatic carbocycles. The zero-order valence-corrected chi connectivity index (χ0v) is 10.5. The second kappa shape index (κ2) is 6.41. The molecule has 86 valence electrons. The molecule has 0 heterocycles. The lowest BCUT2D eigenvalue weighted by atomic mass is 9.87. The van der Waals surface area contributed by atoms with Crippen molar-refractivity contribution in [3.05, 3.63) is 0 Å². The van der Waals surface area contributed by atoms with Gasteiger partial charge in [-0.2, -0.15) is 0 Å². The third-order valence-corrected chi connectivity index (χ3v) is 3.27. The second-order valence-electron chi connectivity index (χ2n) is 4.66. The summed E-state index contributed by atoms with van der Waals surface area (Å²) in [5, 5.41) is 9.54. The highest BCUT2D eigenvalue weighted by Crippen LogP contribution is 2.24. The van der Waals surface area contributed by atoms with E-state index in [0.29, 0.717) is 5.92 Å². The SMILES string of the molecule is CCCN(CCC)C(C)(CO)C(C)C. The first-order valence-electron chi connectivity index (χ1n) is 5.88. The van der Waals surface area contributed by atoms with Crippen molar-refractivity contribution in [3.63, 3.8) is 0 Å². The van der Waals surface area contributed by atoms with Crippen molar-refractivity contribution in [3.8, 4) is 0 Å². The molecule has 0 aromatic carbocycles. The predicted molar refractivity (Wildman–Crippen MR) is 62.5 cm³/mol. The summed E-state index contributed by atoms with van der Waals surface area (Å²) in [6.07, 6.45) is 2.31. The topological polar surface area (TPSA) is 23.5 Å². The zero-order valence-electron chi connectivity index (χ0n) is 10.5. The minimum absolute atomic E-state index is 0.0496. The molecule has 1 N–H and O–H groups in total. The van der Waals surface area contributed by atoms with Crippen LogP contribution in [0.25, 0.3) is 0 Å². The lowest BCUT2D eigenvalue weighted by Gasteiger charge is -2.43. The molecule has 0 aromatic rings. The van der Waals surface area contributed by atoms with Gasteiger partial charge in [0.2, 0.25) is 0 Å². The van der Waals surface area contributed by atoms with E-state index in [0.717, 1.165) is 25.9 Å². The molecule has 0 aromatic heterocycles. The van der Waals surface area contributed by atoms with E-state index in [-0.39, 0.29) is 12.1 Å². The summed E-state index contributed by atoms with van der Waals surface area (Å²) < 4.78 is 0. The molecule has 2 nitrogen and oxygen atoms in total. The van der Waals surface area contributed by atoms with E-state index >= 15 is 0 Å². The minimum atomic E-state index is -0.0496. The third kappa shape index (κ3) is 3.25. The van der Waals surface area contributed by atoms with E-state index in [1.807, 2.05) is 0 Å². The Labute approximate surface area is 89.3 Å². The van der Waals surface area contributed by atoms with Crippen LogP contribution < -0.4 is 0 Å². The quantitative estimate of drug-likeness (QED) is 0.684. The Hall–Kier alpha value is -0.0800. The monoisotopic (exact) mass is 201 g/mol. The average Bonchev–Trinajstić information content (AvgIpc) is 2.16. The van der Waals surface area contributed by atoms with Gasteiger partial charge in [-0.15, -0.1) is 0 Å². The Bertz CT molecular complexity index is 141. The molecule has 0 spiro atoms. The van der Waals surface area contributed by atoms with Gasteiger partial charge >= 0.3 is 0 Å². The van der Waals surface area contributed by atoms with Crippen LogP contribution in [0.4, 0.5) is 0 Å². The summed E-state index contributed by atoms with van der Waals surface area (Å²) >= 11 is 0. The molecule has 0 aliphatic heterocycles. The van der Waals surface area contributed by atoms with Gasteiger partial charge in [-0.3, -0.25) is 4.90 Å². The molecule has 0 saturated heterocycles. The fourth-order valence-electron chi connectivity index (χ4n) is 1.81. The molecule has 0 rings (SSSR count). The van der Waals surface area contributed by atoms with Crippen molar-refractivity contribution in [2.24, 2.45) is 5.92 Å². The highest BCUT2D eigenvalue weighted by molar-refractivity contribution is 4.88. The molecule has 0 bridgehead atoms. The van der Waals surface area contributed by atoms with Gasteiger partial charge in [-0.05, 0) is 38.8 Å². The van der Waals surface area contributed by atoms with Crippen LogP contribution in [0.15, 0.2) is 0 Å². The number of aliphatic hydroxyl groups is 1. The van der Waals surface area contributed by atoms with E-state index < -0.39 is 0 Å². The molecule has 1 atom stereocenters. The summed E-state index contributed by atoms with van der Waals surface area (Å²) in [4.78, 5) is 2.43. The van der Waals surface area contributed by atoms with Crippen molar-refractivity contribution >= 4 is 0 Å². The van der Waals surface area contributed by atoms with Gasteiger partial charge in [0.05, 0.1) is 6.61 Å². The smallest absolute Gasteiger partial charge is 0.0615 e. The van der Waals surface area contributed by atoms with Gasteiger partial charge in [0.25, 0.3) is 0 Å². The number of nitrogens with zero attached hydrogens (tertiary/aromatic N) is 1. The van der Waals surface area contributed by atoms with Crippen molar-refractivity contribution in [1.82, 2.24) is 4.90 Å². The normalized spacial score (nSPS) is 16.3. The van der Waals surface area contributed by atoms with Crippen LogP contribution in [0.1, 0.15) is 47.5 Å². The molecule has 1 unspecified atom stereocenters. The fraction of sp³-hybridized carbons (Fsp3) is 1.00. The van der Waals surface area contributed by atoms with Crippen molar-refractivity contribution in [1.29, 1.82) is 0 Å². The Morgan fingerprint density at radius 3 is 1.79 bits per heavy atom. The second-order valence-corrected chi connectivity index (χ2v) is 4.66. The molecule has 0 saturated carbocycles. The van der Waals surface area contributed by atoms with Gasteiger partial charge in [-0.1, -0.05) is 27.7 Å². The summed E-state index contributed by atoms with van der Waals surface area (Å²) in [5.41, 5.74) is -0.0496. The van der Waals surface area contributed by atoms with Gasteiger partial charge < -0.3 is 5.11 Å². The number of hydrogen-bond acceptors (Lipinski definition) is 2. The van der Waals surface area contributed by atoms with E-state index in [2.05, 4.69) is 39.5 Å². The Morgan fingerprint density at radius 1 is 1.14 bits per heavy atom. The molecule has 0 amide bonds. The van der Waals surface area contributed by atoms with Crippen LogP contribution in [0, 0.1) is 5.92 Å². The first-order valence-corrected chi connectivity index (χ1v) is 5.88. The number of hydrogen-bond donors (Lipinski definition) is 1. The van der Waals surface area contributed by atoms with Gasteiger partial charge in [0, 0.05) is 5.54 Å². The summed E-state index contributed by atoms with van der Waals surface area (Å²) in [6, 6.07) is 0. The van der Waals surface area contributed by atoms with Gasteiger partial charge in [0.15, 0.2) is 0 Å². The number of aliphatic hydroxyl groups excluding tert-OH is 1. The Balaban J connectivity index is 4.55. The minimum Gasteiger partial charge on any atom is -0.394 e. The summed E-state index contributed by atoms with van der Waals surface area (Å²) in [6.45, 7) is 13.4. The molecule has 0 radical (unpaired) electrons. The maximum atomic E-state index is 9.54. The largest absolute Gasteiger partial charge is 0.394 e. The summed E-state index contributed by atoms with van der Waals surface area (Å²) in [7, 11) is 0. The first kappa shape index (κ1) is 13.9. The van der Waals surface area contributed by atoms with Gasteiger partial charge in [0.1, 0.15) is 0 Å². The standard InChI is InChI=1S/C12H27NO/c1-6-8-13(9-7-2)12(5,10-14)11(3)4/h11,14H,6-10H2,1-5H3. The van der Waals surface area contributed by atoms with Gasteiger partial charge in [-0.25, -0.2) is 0 Å².